The fourth-order valence-corrected chi connectivity index (χ4v) is 5.10. The van der Waals surface area contributed by atoms with Crippen molar-refractivity contribution in [2.24, 2.45) is 0 Å². The first-order valence-corrected chi connectivity index (χ1v) is 12.2. The van der Waals surface area contributed by atoms with Crippen molar-refractivity contribution in [3.05, 3.63) is 76.4 Å². The Hall–Kier alpha value is -3.15. The summed E-state index contributed by atoms with van der Waals surface area (Å²) in [5, 5.41) is 7.51. The number of aromatic nitrogens is 3. The highest BCUT2D eigenvalue weighted by molar-refractivity contribution is 5.94. The van der Waals surface area contributed by atoms with Crippen molar-refractivity contribution in [3.8, 4) is 5.75 Å². The number of pyridine rings is 1. The number of hydrogen-bond acceptors (Lipinski definition) is 4. The van der Waals surface area contributed by atoms with Gasteiger partial charge in [-0.1, -0.05) is 18.2 Å². The molecule has 5 rings (SSSR count). The zero-order valence-electron chi connectivity index (χ0n) is 19.3. The van der Waals surface area contributed by atoms with Crippen LogP contribution in [0.1, 0.15) is 77.1 Å². The average molecular weight is 445 g/mol. The van der Waals surface area contributed by atoms with E-state index in [0.29, 0.717) is 18.8 Å². The van der Waals surface area contributed by atoms with Crippen molar-refractivity contribution in [3.63, 3.8) is 0 Å². The van der Waals surface area contributed by atoms with E-state index in [0.717, 1.165) is 67.8 Å². The molecule has 1 aliphatic heterocycles. The van der Waals surface area contributed by atoms with Crippen LogP contribution in [0.3, 0.4) is 0 Å². The molecule has 1 aliphatic carbocycles. The molecule has 0 unspecified atom stereocenters. The number of nitrogens with one attached hydrogen (secondary N) is 1. The third-order valence-electron chi connectivity index (χ3n) is 6.88. The van der Waals surface area contributed by atoms with E-state index in [1.165, 1.54) is 17.5 Å². The van der Waals surface area contributed by atoms with Gasteiger partial charge >= 0.3 is 0 Å². The van der Waals surface area contributed by atoms with Gasteiger partial charge in [0, 0.05) is 42.2 Å². The number of ether oxygens (including phenoxy) is 1. The van der Waals surface area contributed by atoms with E-state index in [2.05, 4.69) is 34.5 Å². The van der Waals surface area contributed by atoms with Crippen molar-refractivity contribution >= 4 is 5.91 Å². The smallest absolute Gasteiger partial charge is 0.274 e. The molecule has 3 aromatic rings. The third-order valence-corrected chi connectivity index (χ3v) is 6.88. The van der Waals surface area contributed by atoms with Crippen molar-refractivity contribution in [1.82, 2.24) is 20.1 Å². The Morgan fingerprint density at radius 3 is 2.70 bits per heavy atom. The minimum atomic E-state index is 0.0752. The van der Waals surface area contributed by atoms with Gasteiger partial charge < -0.3 is 9.64 Å². The van der Waals surface area contributed by atoms with Gasteiger partial charge in [0.25, 0.3) is 5.91 Å². The van der Waals surface area contributed by atoms with Crippen molar-refractivity contribution in [1.29, 1.82) is 0 Å². The van der Waals surface area contributed by atoms with Gasteiger partial charge in [-0.15, -0.1) is 0 Å². The minimum absolute atomic E-state index is 0.0752. The first-order chi connectivity index (χ1) is 16.2. The molecule has 0 radical (unpaired) electrons. The Bertz CT molecular complexity index is 1090. The van der Waals surface area contributed by atoms with Crippen LogP contribution < -0.4 is 4.74 Å². The number of likely N-dealkylation sites (tertiary alicyclic amines) is 1. The second kappa shape index (κ2) is 9.77. The Kier molecular flexibility index (Phi) is 6.42. The molecule has 172 valence electrons. The molecular weight excluding hydrogens is 412 g/mol. The summed E-state index contributed by atoms with van der Waals surface area (Å²) in [5.74, 6) is 1.25. The van der Waals surface area contributed by atoms with Gasteiger partial charge in [0.2, 0.25) is 0 Å². The Labute approximate surface area is 195 Å². The predicted octanol–water partition coefficient (Wildman–Crippen LogP) is 4.69. The SMILES string of the molecule is CCOc1ccc(Cc2ccc([C@@H]3CCCN(C(=O)c4n[nH]c5c4CCCC5)C3)nc2)cc1. The van der Waals surface area contributed by atoms with Crippen LogP contribution >= 0.6 is 0 Å². The molecule has 0 spiro atoms. The molecule has 1 amide bonds. The first-order valence-electron chi connectivity index (χ1n) is 12.2. The lowest BCUT2D eigenvalue weighted by atomic mass is 9.92. The van der Waals surface area contributed by atoms with E-state index in [1.54, 1.807) is 0 Å². The zero-order chi connectivity index (χ0) is 22.6. The van der Waals surface area contributed by atoms with E-state index >= 15 is 0 Å². The Morgan fingerprint density at radius 2 is 1.91 bits per heavy atom. The number of carbonyl (C=O) groups is 1. The van der Waals surface area contributed by atoms with Gasteiger partial charge in [-0.25, -0.2) is 0 Å². The molecule has 1 fully saturated rings. The second-order valence-electron chi connectivity index (χ2n) is 9.17. The maximum absolute atomic E-state index is 13.2. The molecule has 1 N–H and O–H groups in total. The first kappa shape index (κ1) is 21.7. The van der Waals surface area contributed by atoms with E-state index in [9.17, 15) is 4.79 Å². The van der Waals surface area contributed by atoms with Crippen molar-refractivity contribution in [2.45, 2.75) is 57.8 Å². The molecule has 6 nitrogen and oxygen atoms in total. The Balaban J connectivity index is 1.23. The van der Waals surface area contributed by atoms with Crippen molar-refractivity contribution in [2.75, 3.05) is 19.7 Å². The molecule has 1 saturated heterocycles. The topological polar surface area (TPSA) is 71.1 Å². The minimum Gasteiger partial charge on any atom is -0.494 e. The lowest BCUT2D eigenvalue weighted by Crippen LogP contribution is -2.40. The van der Waals surface area contributed by atoms with Gasteiger partial charge in [0.15, 0.2) is 5.69 Å². The number of aromatic amines is 1. The number of hydrogen-bond donors (Lipinski definition) is 1. The summed E-state index contributed by atoms with van der Waals surface area (Å²) in [4.78, 5) is 20.0. The summed E-state index contributed by atoms with van der Waals surface area (Å²) < 4.78 is 5.52. The number of piperidine rings is 1. The quantitative estimate of drug-likeness (QED) is 0.599. The summed E-state index contributed by atoms with van der Waals surface area (Å²) in [6.07, 6.45) is 9.17. The summed E-state index contributed by atoms with van der Waals surface area (Å²) in [6.45, 7) is 4.18. The van der Waals surface area contributed by atoms with Crippen LogP contribution in [0.25, 0.3) is 0 Å². The standard InChI is InChI=1S/C27H32N4O2/c1-2-33-22-12-9-19(10-13-22)16-20-11-14-24(28-17-20)21-6-5-15-31(18-21)27(32)26-23-7-3-4-8-25(23)29-30-26/h9-14,17,21H,2-8,15-16,18H2,1H3,(H,29,30)/t21-/m1/s1. The number of amides is 1. The lowest BCUT2D eigenvalue weighted by Gasteiger charge is -2.32. The van der Waals surface area contributed by atoms with Gasteiger partial charge in [-0.05, 0) is 81.2 Å². The number of carbonyl (C=O) groups excluding carboxylic acids is 1. The zero-order valence-corrected chi connectivity index (χ0v) is 19.3. The number of aryl methyl sites for hydroxylation is 1. The number of nitrogens with zero attached hydrogens (tertiary/aromatic N) is 3. The second-order valence-corrected chi connectivity index (χ2v) is 9.17. The highest BCUT2D eigenvalue weighted by Gasteiger charge is 2.30. The lowest BCUT2D eigenvalue weighted by molar-refractivity contribution is 0.0698. The molecular formula is C27H32N4O2. The normalized spacial score (nSPS) is 18.1. The van der Waals surface area contributed by atoms with Crippen LogP contribution in [-0.2, 0) is 19.3 Å². The predicted molar refractivity (Wildman–Crippen MR) is 128 cm³/mol. The summed E-state index contributed by atoms with van der Waals surface area (Å²) >= 11 is 0. The van der Waals surface area contributed by atoms with Crippen LogP contribution in [0.4, 0.5) is 0 Å². The molecule has 2 aliphatic rings. The maximum Gasteiger partial charge on any atom is 0.274 e. The van der Waals surface area contributed by atoms with Crippen LogP contribution in [0, 0.1) is 0 Å². The van der Waals surface area contributed by atoms with Gasteiger partial charge in [-0.2, -0.15) is 5.10 Å². The van der Waals surface area contributed by atoms with E-state index < -0.39 is 0 Å². The number of H-pyrrole nitrogens is 1. The molecule has 1 atom stereocenters. The fraction of sp³-hybridized carbons (Fsp3) is 0.444. The van der Waals surface area contributed by atoms with Gasteiger partial charge in [0.1, 0.15) is 5.75 Å². The summed E-state index contributed by atoms with van der Waals surface area (Å²) in [6, 6.07) is 12.6. The highest BCUT2D eigenvalue weighted by atomic mass is 16.5. The van der Waals surface area contributed by atoms with E-state index in [-0.39, 0.29) is 11.8 Å². The maximum atomic E-state index is 13.2. The molecule has 0 saturated carbocycles. The molecule has 1 aromatic carbocycles. The Morgan fingerprint density at radius 1 is 1.09 bits per heavy atom. The fourth-order valence-electron chi connectivity index (χ4n) is 5.10. The van der Waals surface area contributed by atoms with E-state index in [4.69, 9.17) is 9.72 Å². The molecule has 2 aromatic heterocycles. The number of fused-ring (bicyclic) bond motifs is 1. The van der Waals surface area contributed by atoms with Crippen LogP contribution in [-0.4, -0.2) is 45.7 Å². The average Bonchev–Trinajstić information content (AvgIpc) is 3.30. The van der Waals surface area contributed by atoms with Gasteiger partial charge in [0.05, 0.1) is 6.61 Å². The molecule has 0 bridgehead atoms. The molecule has 6 heteroatoms. The van der Waals surface area contributed by atoms with Crippen LogP contribution in [0.2, 0.25) is 0 Å². The summed E-state index contributed by atoms with van der Waals surface area (Å²) in [7, 11) is 0. The van der Waals surface area contributed by atoms with Gasteiger partial charge in [-0.3, -0.25) is 14.9 Å². The molecule has 33 heavy (non-hydrogen) atoms. The van der Waals surface area contributed by atoms with E-state index in [1.807, 2.05) is 30.2 Å². The monoisotopic (exact) mass is 444 g/mol. The highest BCUT2D eigenvalue weighted by Crippen LogP contribution is 2.29. The largest absolute Gasteiger partial charge is 0.494 e. The third kappa shape index (κ3) is 4.80. The summed E-state index contributed by atoms with van der Waals surface area (Å²) in [5.41, 5.74) is 6.45. The molecule has 3 heterocycles. The number of rotatable bonds is 6. The van der Waals surface area contributed by atoms with Crippen LogP contribution in [0.15, 0.2) is 42.6 Å². The number of benzene rings is 1. The van der Waals surface area contributed by atoms with Crippen molar-refractivity contribution < 1.29 is 9.53 Å². The van der Waals surface area contributed by atoms with Crippen LogP contribution in [0.5, 0.6) is 5.75 Å².